The monoisotopic (exact) mass is 203 g/mol. The molecule has 1 heterocycles. The van der Waals surface area contributed by atoms with E-state index in [-0.39, 0.29) is 18.0 Å². The number of nitrogens with one attached hydrogen (secondary N) is 1. The molecule has 0 radical (unpaired) electrons. The van der Waals surface area contributed by atoms with Gasteiger partial charge in [-0.2, -0.15) is 4.39 Å². The molecule has 0 amide bonds. The number of benzene rings is 1. The average molecular weight is 203 g/mol. The number of rotatable bonds is 1. The van der Waals surface area contributed by atoms with Crippen LogP contribution in [0.3, 0.4) is 0 Å². The van der Waals surface area contributed by atoms with Gasteiger partial charge in [0.05, 0.1) is 11.7 Å². The summed E-state index contributed by atoms with van der Waals surface area (Å²) in [6.07, 6.45) is 0. The van der Waals surface area contributed by atoms with Crippen LogP contribution in [0.2, 0.25) is 0 Å². The van der Waals surface area contributed by atoms with Gasteiger partial charge in [-0.1, -0.05) is 0 Å². The first kappa shape index (κ1) is 9.18. The zero-order valence-electron chi connectivity index (χ0n) is 7.19. The third kappa shape index (κ3) is 1.38. The van der Waals surface area contributed by atoms with E-state index in [4.69, 9.17) is 4.74 Å². The minimum Gasteiger partial charge on any atom is -0.486 e. The predicted octanol–water partition coefficient (Wildman–Crippen LogP) is 2.11. The number of alkyl halides is 1. The van der Waals surface area contributed by atoms with Crippen LogP contribution in [0.15, 0.2) is 12.1 Å². The van der Waals surface area contributed by atoms with Crippen molar-refractivity contribution in [2.75, 3.05) is 18.6 Å². The lowest BCUT2D eigenvalue weighted by molar-refractivity contribution is 0.246. The molecule has 0 spiro atoms. The van der Waals surface area contributed by atoms with E-state index in [9.17, 15) is 13.2 Å². The van der Waals surface area contributed by atoms with Gasteiger partial charge in [0.2, 0.25) is 5.82 Å². The largest absolute Gasteiger partial charge is 0.486 e. The van der Waals surface area contributed by atoms with Crippen molar-refractivity contribution in [3.05, 3.63) is 23.8 Å². The maximum Gasteiger partial charge on any atom is 0.202 e. The van der Waals surface area contributed by atoms with Crippen LogP contribution in [0.25, 0.3) is 0 Å². The third-order valence-corrected chi connectivity index (χ3v) is 2.02. The van der Waals surface area contributed by atoms with Crippen molar-refractivity contribution in [2.45, 2.75) is 6.04 Å². The Morgan fingerprint density at radius 2 is 2.21 bits per heavy atom. The van der Waals surface area contributed by atoms with Gasteiger partial charge < -0.3 is 10.1 Å². The van der Waals surface area contributed by atoms with E-state index in [1.165, 1.54) is 6.07 Å². The molecule has 2 rings (SSSR count). The van der Waals surface area contributed by atoms with Gasteiger partial charge in [0.25, 0.3) is 0 Å². The Hall–Kier alpha value is -1.39. The molecule has 2 nitrogen and oxygen atoms in total. The first-order valence-electron chi connectivity index (χ1n) is 4.15. The van der Waals surface area contributed by atoms with Gasteiger partial charge in [-0.05, 0) is 12.1 Å². The van der Waals surface area contributed by atoms with Crippen LogP contribution in [0, 0.1) is 11.6 Å². The molecule has 1 atom stereocenters. The van der Waals surface area contributed by atoms with Gasteiger partial charge in [-0.15, -0.1) is 0 Å². The zero-order chi connectivity index (χ0) is 10.1. The van der Waals surface area contributed by atoms with Crippen molar-refractivity contribution in [3.63, 3.8) is 0 Å². The fourth-order valence-electron chi connectivity index (χ4n) is 1.32. The lowest BCUT2D eigenvalue weighted by atomic mass is 10.2. The molecular formula is C9H8F3NO. The standard InChI is InChI=1S/C9H8F3NO/c10-3-5-4-14-9-7(13-5)2-1-6(11)8(9)12/h1-2,5,13H,3-4H2. The van der Waals surface area contributed by atoms with Crippen LogP contribution in [0.5, 0.6) is 5.75 Å². The third-order valence-electron chi connectivity index (χ3n) is 2.02. The Balaban J connectivity index is 2.36. The van der Waals surface area contributed by atoms with Crippen molar-refractivity contribution in [1.82, 2.24) is 0 Å². The molecule has 0 saturated heterocycles. The number of hydrogen-bond donors (Lipinski definition) is 1. The van der Waals surface area contributed by atoms with E-state index >= 15 is 0 Å². The maximum atomic E-state index is 13.1. The van der Waals surface area contributed by atoms with Gasteiger partial charge in [-0.25, -0.2) is 8.78 Å². The van der Waals surface area contributed by atoms with E-state index in [0.29, 0.717) is 0 Å². The smallest absolute Gasteiger partial charge is 0.202 e. The fraction of sp³-hybridized carbons (Fsp3) is 0.333. The second-order valence-electron chi connectivity index (χ2n) is 3.04. The summed E-state index contributed by atoms with van der Waals surface area (Å²) in [4.78, 5) is 0. The first-order valence-corrected chi connectivity index (χ1v) is 4.15. The zero-order valence-corrected chi connectivity index (χ0v) is 7.19. The molecule has 0 aliphatic carbocycles. The molecule has 76 valence electrons. The molecular weight excluding hydrogens is 195 g/mol. The Morgan fingerprint density at radius 1 is 1.43 bits per heavy atom. The highest BCUT2D eigenvalue weighted by atomic mass is 19.2. The van der Waals surface area contributed by atoms with Gasteiger partial charge in [-0.3, -0.25) is 0 Å². The molecule has 0 bridgehead atoms. The van der Waals surface area contributed by atoms with Crippen LogP contribution in [0.1, 0.15) is 0 Å². The van der Waals surface area contributed by atoms with Gasteiger partial charge in [0.15, 0.2) is 11.6 Å². The fourth-order valence-corrected chi connectivity index (χ4v) is 1.32. The highest BCUT2D eigenvalue weighted by molar-refractivity contribution is 5.59. The summed E-state index contributed by atoms with van der Waals surface area (Å²) in [5, 5.41) is 2.71. The van der Waals surface area contributed by atoms with Crippen LogP contribution < -0.4 is 10.1 Å². The second kappa shape index (κ2) is 3.40. The predicted molar refractivity (Wildman–Crippen MR) is 45.2 cm³/mol. The van der Waals surface area contributed by atoms with E-state index < -0.39 is 24.4 Å². The molecule has 1 unspecified atom stereocenters. The lowest BCUT2D eigenvalue weighted by Crippen LogP contribution is -2.33. The maximum absolute atomic E-state index is 13.1. The summed E-state index contributed by atoms with van der Waals surface area (Å²) in [5.74, 6) is -2.17. The van der Waals surface area contributed by atoms with Crippen LogP contribution >= 0.6 is 0 Å². The molecule has 0 saturated carbocycles. The Bertz CT molecular complexity index is 356. The minimum absolute atomic E-state index is 0.00384. The van der Waals surface area contributed by atoms with E-state index in [1.807, 2.05) is 0 Å². The summed E-state index contributed by atoms with van der Waals surface area (Å²) < 4.78 is 43.0. The molecule has 1 aromatic carbocycles. The quantitative estimate of drug-likeness (QED) is 0.754. The summed E-state index contributed by atoms with van der Waals surface area (Å²) >= 11 is 0. The summed E-state index contributed by atoms with van der Waals surface area (Å²) in [6.45, 7) is -0.609. The van der Waals surface area contributed by atoms with Crippen molar-refractivity contribution < 1.29 is 17.9 Å². The second-order valence-corrected chi connectivity index (χ2v) is 3.04. The summed E-state index contributed by atoms with van der Waals surface area (Å²) in [7, 11) is 0. The Kier molecular flexibility index (Phi) is 2.23. The SMILES string of the molecule is FCC1COc2c(ccc(F)c2F)N1. The first-order chi connectivity index (χ1) is 6.72. The molecule has 0 fully saturated rings. The minimum atomic E-state index is -1.03. The molecule has 14 heavy (non-hydrogen) atoms. The molecule has 0 aromatic heterocycles. The highest BCUT2D eigenvalue weighted by Gasteiger charge is 2.23. The number of halogens is 3. The molecule has 1 N–H and O–H groups in total. The number of ether oxygens (including phenoxy) is 1. The van der Waals surface area contributed by atoms with Gasteiger partial charge in [0.1, 0.15) is 13.3 Å². The summed E-state index contributed by atoms with van der Waals surface area (Å²) in [6, 6.07) is 1.81. The van der Waals surface area contributed by atoms with Crippen molar-refractivity contribution in [2.24, 2.45) is 0 Å². The van der Waals surface area contributed by atoms with Crippen molar-refractivity contribution in [3.8, 4) is 5.75 Å². The van der Waals surface area contributed by atoms with Crippen LogP contribution in [-0.2, 0) is 0 Å². The Labute approximate surface area is 78.7 Å². The van der Waals surface area contributed by atoms with E-state index in [1.54, 1.807) is 0 Å². The Morgan fingerprint density at radius 3 is 2.93 bits per heavy atom. The van der Waals surface area contributed by atoms with Crippen molar-refractivity contribution >= 4 is 5.69 Å². The average Bonchev–Trinajstić information content (AvgIpc) is 2.23. The molecule has 1 aliphatic heterocycles. The van der Waals surface area contributed by atoms with E-state index in [2.05, 4.69) is 5.32 Å². The normalized spacial score (nSPS) is 19.5. The van der Waals surface area contributed by atoms with Gasteiger partial charge >= 0.3 is 0 Å². The molecule has 1 aromatic rings. The number of fused-ring (bicyclic) bond motifs is 1. The van der Waals surface area contributed by atoms with Crippen molar-refractivity contribution in [1.29, 1.82) is 0 Å². The lowest BCUT2D eigenvalue weighted by Gasteiger charge is -2.25. The van der Waals surface area contributed by atoms with E-state index in [0.717, 1.165) is 6.07 Å². The molecule has 5 heteroatoms. The van der Waals surface area contributed by atoms with Gasteiger partial charge in [0, 0.05) is 0 Å². The van der Waals surface area contributed by atoms with Crippen LogP contribution in [-0.4, -0.2) is 19.3 Å². The summed E-state index contributed by atoms with van der Waals surface area (Å²) in [5.41, 5.74) is 0.290. The highest BCUT2D eigenvalue weighted by Crippen LogP contribution is 2.32. The van der Waals surface area contributed by atoms with Crippen LogP contribution in [0.4, 0.5) is 18.9 Å². The number of hydrogen-bond acceptors (Lipinski definition) is 2. The number of anilines is 1. The molecule has 1 aliphatic rings. The topological polar surface area (TPSA) is 21.3 Å².